The summed E-state index contributed by atoms with van der Waals surface area (Å²) in [7, 11) is 0. The number of nitrogens with one attached hydrogen (secondary N) is 2. The minimum atomic E-state index is -0.360. The van der Waals surface area contributed by atoms with Gasteiger partial charge in [-0.2, -0.15) is 0 Å². The maximum Gasteiger partial charge on any atom is 0.318 e. The van der Waals surface area contributed by atoms with Crippen LogP contribution < -0.4 is 10.6 Å². The first kappa shape index (κ1) is 13.9. The predicted octanol–water partition coefficient (Wildman–Crippen LogP) is 1.26. The molecule has 2 atom stereocenters. The van der Waals surface area contributed by atoms with Crippen molar-refractivity contribution in [2.45, 2.75) is 45.2 Å². The zero-order valence-electron chi connectivity index (χ0n) is 11.7. The van der Waals surface area contributed by atoms with E-state index in [0.29, 0.717) is 13.1 Å². The quantitative estimate of drug-likeness (QED) is 0.738. The number of amides is 3. The van der Waals surface area contributed by atoms with Crippen molar-refractivity contribution >= 4 is 11.9 Å². The molecule has 1 fully saturated rings. The van der Waals surface area contributed by atoms with Crippen molar-refractivity contribution in [3.8, 4) is 0 Å². The van der Waals surface area contributed by atoms with Crippen LogP contribution in [0.15, 0.2) is 12.2 Å². The molecule has 5 heteroatoms. The summed E-state index contributed by atoms with van der Waals surface area (Å²) in [4.78, 5) is 25.9. The summed E-state index contributed by atoms with van der Waals surface area (Å²) in [6.07, 6.45) is 7.34. The molecular formula is C14H23N3O2. The second-order valence-corrected chi connectivity index (χ2v) is 5.59. The molecule has 1 heterocycles. The highest BCUT2D eigenvalue weighted by molar-refractivity contribution is 5.88. The van der Waals surface area contributed by atoms with Crippen molar-refractivity contribution in [3.05, 3.63) is 12.2 Å². The summed E-state index contributed by atoms with van der Waals surface area (Å²) >= 11 is 0. The van der Waals surface area contributed by atoms with Crippen molar-refractivity contribution < 1.29 is 9.59 Å². The normalized spacial score (nSPS) is 27.3. The van der Waals surface area contributed by atoms with Gasteiger partial charge >= 0.3 is 6.03 Å². The summed E-state index contributed by atoms with van der Waals surface area (Å²) < 4.78 is 0. The van der Waals surface area contributed by atoms with Gasteiger partial charge in [-0.1, -0.05) is 26.0 Å². The zero-order valence-corrected chi connectivity index (χ0v) is 11.7. The molecule has 1 aliphatic heterocycles. The fourth-order valence-corrected chi connectivity index (χ4v) is 2.75. The van der Waals surface area contributed by atoms with E-state index in [4.69, 9.17) is 0 Å². The van der Waals surface area contributed by atoms with E-state index in [9.17, 15) is 9.59 Å². The molecule has 3 amide bonds. The summed E-state index contributed by atoms with van der Waals surface area (Å²) in [5.41, 5.74) is 0. The molecule has 2 rings (SSSR count). The Kier molecular flexibility index (Phi) is 4.45. The second kappa shape index (κ2) is 6.08. The molecule has 0 radical (unpaired) electrons. The molecular weight excluding hydrogens is 242 g/mol. The summed E-state index contributed by atoms with van der Waals surface area (Å²) in [5.74, 6) is 0.0727. The van der Waals surface area contributed by atoms with Crippen LogP contribution >= 0.6 is 0 Å². The maximum atomic E-state index is 12.3. The standard InChI is InChI=1S/C14H23N3O2/c1-10(2)12-13(18)15-8-9-17(12)14(19)16-11-6-4-3-5-7-11/h4,6,10-12H,3,5,7-9H2,1-2H3,(H,15,18)(H,16,19)/t11-,12-/m1/s1. The summed E-state index contributed by atoms with van der Waals surface area (Å²) in [5, 5.41) is 5.84. The van der Waals surface area contributed by atoms with E-state index in [2.05, 4.69) is 22.8 Å². The smallest absolute Gasteiger partial charge is 0.318 e. The zero-order chi connectivity index (χ0) is 13.8. The molecule has 0 aromatic heterocycles. The lowest BCUT2D eigenvalue weighted by atomic mass is 9.99. The fourth-order valence-electron chi connectivity index (χ4n) is 2.75. The van der Waals surface area contributed by atoms with Gasteiger partial charge in [0.05, 0.1) is 0 Å². The number of hydrogen-bond acceptors (Lipinski definition) is 2. The molecule has 2 N–H and O–H groups in total. The molecule has 0 bridgehead atoms. The topological polar surface area (TPSA) is 61.4 Å². The van der Waals surface area contributed by atoms with Crippen LogP contribution in [0.25, 0.3) is 0 Å². The van der Waals surface area contributed by atoms with E-state index in [1.54, 1.807) is 4.90 Å². The van der Waals surface area contributed by atoms with Gasteiger partial charge in [-0.25, -0.2) is 4.79 Å². The Bertz CT molecular complexity index is 379. The number of nitrogens with zero attached hydrogens (tertiary/aromatic N) is 1. The SMILES string of the molecule is CC(C)[C@@H]1C(=O)NCCN1C(=O)N[C@@H]1C=CCCC1. The fraction of sp³-hybridized carbons (Fsp3) is 0.714. The molecule has 0 unspecified atom stereocenters. The minimum Gasteiger partial charge on any atom is -0.353 e. The van der Waals surface area contributed by atoms with Gasteiger partial charge in [-0.05, 0) is 25.2 Å². The van der Waals surface area contributed by atoms with Crippen LogP contribution in [-0.2, 0) is 4.79 Å². The molecule has 1 aliphatic carbocycles. The maximum absolute atomic E-state index is 12.3. The van der Waals surface area contributed by atoms with E-state index >= 15 is 0 Å². The Morgan fingerprint density at radius 3 is 2.95 bits per heavy atom. The Morgan fingerprint density at radius 2 is 2.32 bits per heavy atom. The van der Waals surface area contributed by atoms with Gasteiger partial charge in [0.2, 0.25) is 5.91 Å². The van der Waals surface area contributed by atoms with Gasteiger partial charge in [0.1, 0.15) is 6.04 Å². The number of carbonyl (C=O) groups excluding carboxylic acids is 2. The second-order valence-electron chi connectivity index (χ2n) is 5.59. The van der Waals surface area contributed by atoms with E-state index in [1.807, 2.05) is 13.8 Å². The Morgan fingerprint density at radius 1 is 1.53 bits per heavy atom. The van der Waals surface area contributed by atoms with Crippen LogP contribution in [0.4, 0.5) is 4.79 Å². The highest BCUT2D eigenvalue weighted by Gasteiger charge is 2.35. The minimum absolute atomic E-state index is 0.0458. The van der Waals surface area contributed by atoms with Crippen molar-refractivity contribution in [1.29, 1.82) is 0 Å². The van der Waals surface area contributed by atoms with Crippen molar-refractivity contribution in [2.24, 2.45) is 5.92 Å². The van der Waals surface area contributed by atoms with Crippen molar-refractivity contribution in [1.82, 2.24) is 15.5 Å². The third kappa shape index (κ3) is 3.28. The van der Waals surface area contributed by atoms with Crippen molar-refractivity contribution in [2.75, 3.05) is 13.1 Å². The number of rotatable bonds is 2. The molecule has 0 saturated carbocycles. The Labute approximate surface area is 114 Å². The molecule has 0 aromatic carbocycles. The third-order valence-electron chi connectivity index (χ3n) is 3.71. The van der Waals surface area contributed by atoms with Crippen LogP contribution in [-0.4, -0.2) is 42.0 Å². The number of urea groups is 1. The van der Waals surface area contributed by atoms with Gasteiger partial charge in [0.15, 0.2) is 0 Å². The highest BCUT2D eigenvalue weighted by atomic mass is 16.2. The van der Waals surface area contributed by atoms with Crippen LogP contribution in [0.5, 0.6) is 0 Å². The van der Waals surface area contributed by atoms with Gasteiger partial charge in [0, 0.05) is 19.1 Å². The summed E-state index contributed by atoms with van der Waals surface area (Å²) in [6.45, 7) is 5.06. The third-order valence-corrected chi connectivity index (χ3v) is 3.71. The lowest BCUT2D eigenvalue weighted by Gasteiger charge is -2.38. The monoisotopic (exact) mass is 265 g/mol. The van der Waals surface area contributed by atoms with Crippen molar-refractivity contribution in [3.63, 3.8) is 0 Å². The molecule has 19 heavy (non-hydrogen) atoms. The first-order valence-electron chi connectivity index (χ1n) is 7.11. The number of allylic oxidation sites excluding steroid dienone is 1. The van der Waals surface area contributed by atoms with Gasteiger partial charge in [-0.3, -0.25) is 4.79 Å². The number of hydrogen-bond donors (Lipinski definition) is 2. The van der Waals surface area contributed by atoms with E-state index in [0.717, 1.165) is 19.3 Å². The van der Waals surface area contributed by atoms with Gasteiger partial charge in [0.25, 0.3) is 0 Å². The van der Waals surface area contributed by atoms with E-state index < -0.39 is 0 Å². The van der Waals surface area contributed by atoms with E-state index in [1.165, 1.54) is 0 Å². The largest absolute Gasteiger partial charge is 0.353 e. The molecule has 106 valence electrons. The van der Waals surface area contributed by atoms with E-state index in [-0.39, 0.29) is 29.9 Å². The van der Waals surface area contributed by atoms with Crippen LogP contribution in [0.1, 0.15) is 33.1 Å². The first-order chi connectivity index (χ1) is 9.09. The molecule has 5 nitrogen and oxygen atoms in total. The lowest BCUT2D eigenvalue weighted by molar-refractivity contribution is -0.129. The highest BCUT2D eigenvalue weighted by Crippen LogP contribution is 2.16. The number of carbonyl (C=O) groups is 2. The van der Waals surface area contributed by atoms with Gasteiger partial charge < -0.3 is 15.5 Å². The van der Waals surface area contributed by atoms with Crippen LogP contribution in [0.3, 0.4) is 0 Å². The molecule has 2 aliphatic rings. The van der Waals surface area contributed by atoms with Crippen LogP contribution in [0.2, 0.25) is 0 Å². The first-order valence-corrected chi connectivity index (χ1v) is 7.11. The predicted molar refractivity (Wildman–Crippen MR) is 73.7 cm³/mol. The Balaban J connectivity index is 2.01. The molecule has 1 saturated heterocycles. The summed E-state index contributed by atoms with van der Waals surface area (Å²) in [6, 6.07) is -0.370. The average Bonchev–Trinajstić information content (AvgIpc) is 2.39. The number of piperazine rings is 1. The lowest BCUT2D eigenvalue weighted by Crippen LogP contribution is -2.61. The molecule has 0 aromatic rings. The van der Waals surface area contributed by atoms with Gasteiger partial charge in [-0.15, -0.1) is 0 Å². The Hall–Kier alpha value is -1.52. The van der Waals surface area contributed by atoms with Crippen LogP contribution in [0, 0.1) is 5.92 Å². The average molecular weight is 265 g/mol. The molecule has 0 spiro atoms.